The van der Waals surface area contributed by atoms with Crippen LogP contribution < -0.4 is 5.32 Å². The fourth-order valence-corrected chi connectivity index (χ4v) is 2.44. The van der Waals surface area contributed by atoms with Crippen LogP contribution in [0.2, 0.25) is 0 Å². The van der Waals surface area contributed by atoms with E-state index in [4.69, 9.17) is 0 Å². The molecule has 1 unspecified atom stereocenters. The van der Waals surface area contributed by atoms with Crippen LogP contribution in [0.5, 0.6) is 0 Å². The van der Waals surface area contributed by atoms with Crippen LogP contribution in [0.4, 0.5) is 0 Å². The van der Waals surface area contributed by atoms with E-state index in [1.54, 1.807) is 0 Å². The van der Waals surface area contributed by atoms with Crippen LogP contribution in [0.3, 0.4) is 0 Å². The molecule has 0 amide bonds. The Morgan fingerprint density at radius 2 is 2.33 bits per heavy atom. The highest BCUT2D eigenvalue weighted by Gasteiger charge is 2.04. The molecule has 1 aliphatic rings. The first kappa shape index (κ1) is 12.9. The van der Waals surface area contributed by atoms with Crippen LogP contribution in [0.25, 0.3) is 0 Å². The van der Waals surface area contributed by atoms with Gasteiger partial charge in [0.25, 0.3) is 0 Å². The van der Waals surface area contributed by atoms with Gasteiger partial charge in [-0.25, -0.2) is 0 Å². The molecular weight excluding hydrogens is 204 g/mol. The zero-order valence-corrected chi connectivity index (χ0v) is 10.9. The molecule has 1 heterocycles. The van der Waals surface area contributed by atoms with Gasteiger partial charge in [0.2, 0.25) is 0 Å². The number of aliphatic imine (C=N–C) groups is 1. The lowest BCUT2D eigenvalue weighted by molar-refractivity contribution is 0.484. The Labute approximate surface area is 98.3 Å². The minimum atomic E-state index is 0.895. The molecule has 0 fully saturated rings. The summed E-state index contributed by atoms with van der Waals surface area (Å²) in [6, 6.07) is 0. The quantitative estimate of drug-likeness (QED) is 0.706. The third-order valence-electron chi connectivity index (χ3n) is 2.89. The van der Waals surface area contributed by atoms with E-state index in [0.717, 1.165) is 19.0 Å². The molecule has 15 heavy (non-hydrogen) atoms. The van der Waals surface area contributed by atoms with E-state index >= 15 is 0 Å². The van der Waals surface area contributed by atoms with Crippen LogP contribution in [0.15, 0.2) is 4.99 Å². The molecular formula is C12H24N2S. The molecule has 88 valence electrons. The van der Waals surface area contributed by atoms with Crippen molar-refractivity contribution in [3.05, 3.63) is 0 Å². The first-order valence-corrected chi connectivity index (χ1v) is 7.22. The zero-order chi connectivity index (χ0) is 10.9. The number of amidine groups is 1. The van der Waals surface area contributed by atoms with Crippen LogP contribution >= 0.6 is 11.8 Å². The van der Waals surface area contributed by atoms with E-state index in [2.05, 4.69) is 24.2 Å². The summed E-state index contributed by atoms with van der Waals surface area (Å²) in [4.78, 5) is 4.45. The highest BCUT2D eigenvalue weighted by molar-refractivity contribution is 8.13. The molecule has 0 saturated carbocycles. The third-order valence-corrected chi connectivity index (χ3v) is 3.93. The second-order valence-electron chi connectivity index (χ2n) is 4.32. The largest absolute Gasteiger partial charge is 0.365 e. The lowest BCUT2D eigenvalue weighted by Crippen LogP contribution is -2.24. The lowest BCUT2D eigenvalue weighted by Gasteiger charge is -2.13. The molecule has 1 rings (SSSR count). The molecule has 0 bridgehead atoms. The van der Waals surface area contributed by atoms with Crippen molar-refractivity contribution in [2.45, 2.75) is 46.0 Å². The summed E-state index contributed by atoms with van der Waals surface area (Å²) in [6.07, 6.45) is 6.56. The Bertz CT molecular complexity index is 192. The summed E-state index contributed by atoms with van der Waals surface area (Å²) in [5.74, 6) is 2.13. The molecule has 0 aromatic heterocycles. The second-order valence-corrected chi connectivity index (χ2v) is 5.41. The van der Waals surface area contributed by atoms with Gasteiger partial charge < -0.3 is 5.32 Å². The van der Waals surface area contributed by atoms with Crippen molar-refractivity contribution in [1.29, 1.82) is 0 Å². The van der Waals surface area contributed by atoms with Gasteiger partial charge in [-0.15, -0.1) is 0 Å². The van der Waals surface area contributed by atoms with Crippen LogP contribution in [-0.4, -0.2) is 24.0 Å². The Balaban J connectivity index is 1.94. The van der Waals surface area contributed by atoms with E-state index in [1.807, 2.05) is 11.8 Å². The Morgan fingerprint density at radius 1 is 1.47 bits per heavy atom. The van der Waals surface area contributed by atoms with Gasteiger partial charge in [-0.1, -0.05) is 44.9 Å². The number of rotatable bonds is 6. The number of hydrogen-bond donors (Lipinski definition) is 1. The summed E-state index contributed by atoms with van der Waals surface area (Å²) in [6.45, 7) is 6.73. The standard InChI is InChI=1S/C12H24N2S/c1-3-11(2)7-4-5-8-13-12-14-9-6-10-15-12/h11H,3-10H2,1-2H3,(H,13,14). The summed E-state index contributed by atoms with van der Waals surface area (Å²) in [7, 11) is 0. The summed E-state index contributed by atoms with van der Waals surface area (Å²) < 4.78 is 0. The normalized spacial score (nSPS) is 18.4. The maximum Gasteiger partial charge on any atom is 0.156 e. The van der Waals surface area contributed by atoms with E-state index in [1.165, 1.54) is 43.0 Å². The van der Waals surface area contributed by atoms with Gasteiger partial charge in [0.05, 0.1) is 0 Å². The molecule has 0 aromatic rings. The summed E-state index contributed by atoms with van der Waals surface area (Å²) in [5, 5.41) is 4.60. The van der Waals surface area contributed by atoms with Crippen molar-refractivity contribution in [1.82, 2.24) is 5.32 Å². The molecule has 1 aliphatic heterocycles. The minimum absolute atomic E-state index is 0.895. The summed E-state index contributed by atoms with van der Waals surface area (Å²) >= 11 is 1.87. The third kappa shape index (κ3) is 6.08. The predicted molar refractivity (Wildman–Crippen MR) is 70.7 cm³/mol. The van der Waals surface area contributed by atoms with Crippen molar-refractivity contribution < 1.29 is 0 Å². The lowest BCUT2D eigenvalue weighted by atomic mass is 10.0. The van der Waals surface area contributed by atoms with Crippen molar-refractivity contribution >= 4 is 16.9 Å². The molecule has 2 nitrogen and oxygen atoms in total. The molecule has 0 saturated heterocycles. The van der Waals surface area contributed by atoms with E-state index < -0.39 is 0 Å². The maximum atomic E-state index is 4.45. The number of thioether (sulfide) groups is 1. The first-order valence-electron chi connectivity index (χ1n) is 6.24. The van der Waals surface area contributed by atoms with Gasteiger partial charge in [-0.05, 0) is 18.8 Å². The second kappa shape index (κ2) is 8.03. The number of unbranched alkanes of at least 4 members (excludes halogenated alkanes) is 1. The van der Waals surface area contributed by atoms with Crippen LogP contribution in [0, 0.1) is 5.92 Å². The van der Waals surface area contributed by atoms with Gasteiger partial charge in [0.15, 0.2) is 5.17 Å². The van der Waals surface area contributed by atoms with E-state index in [-0.39, 0.29) is 0 Å². The van der Waals surface area contributed by atoms with Gasteiger partial charge >= 0.3 is 0 Å². The van der Waals surface area contributed by atoms with Crippen molar-refractivity contribution in [2.24, 2.45) is 10.9 Å². The Kier molecular flexibility index (Phi) is 6.90. The topological polar surface area (TPSA) is 24.4 Å². The van der Waals surface area contributed by atoms with E-state index in [0.29, 0.717) is 0 Å². The average Bonchev–Trinajstić information content (AvgIpc) is 2.29. The van der Waals surface area contributed by atoms with Crippen molar-refractivity contribution in [3.8, 4) is 0 Å². The smallest absolute Gasteiger partial charge is 0.156 e. The summed E-state index contributed by atoms with van der Waals surface area (Å²) in [5.41, 5.74) is 0. The highest BCUT2D eigenvalue weighted by Crippen LogP contribution is 2.12. The SMILES string of the molecule is CCC(C)CCCCNC1=NCCCS1. The fraction of sp³-hybridized carbons (Fsp3) is 0.917. The van der Waals surface area contributed by atoms with Gasteiger partial charge in [-0.3, -0.25) is 4.99 Å². The number of nitrogens with one attached hydrogen (secondary N) is 1. The molecule has 0 spiro atoms. The Hall–Kier alpha value is -0.180. The maximum absolute atomic E-state index is 4.45. The molecule has 1 N–H and O–H groups in total. The van der Waals surface area contributed by atoms with Gasteiger partial charge in [-0.2, -0.15) is 0 Å². The Morgan fingerprint density at radius 3 is 3.00 bits per heavy atom. The van der Waals surface area contributed by atoms with Crippen molar-refractivity contribution in [2.75, 3.05) is 18.8 Å². The highest BCUT2D eigenvalue weighted by atomic mass is 32.2. The van der Waals surface area contributed by atoms with Gasteiger partial charge in [0.1, 0.15) is 0 Å². The van der Waals surface area contributed by atoms with Crippen molar-refractivity contribution in [3.63, 3.8) is 0 Å². The number of nitrogens with zero attached hydrogens (tertiary/aromatic N) is 1. The zero-order valence-electron chi connectivity index (χ0n) is 10.1. The monoisotopic (exact) mass is 228 g/mol. The van der Waals surface area contributed by atoms with Crippen LogP contribution in [-0.2, 0) is 0 Å². The molecule has 1 atom stereocenters. The number of hydrogen-bond acceptors (Lipinski definition) is 3. The predicted octanol–water partition coefficient (Wildman–Crippen LogP) is 3.29. The minimum Gasteiger partial charge on any atom is -0.365 e. The average molecular weight is 228 g/mol. The van der Waals surface area contributed by atoms with E-state index in [9.17, 15) is 0 Å². The molecule has 3 heteroatoms. The molecule has 0 radical (unpaired) electrons. The molecule has 0 aromatic carbocycles. The van der Waals surface area contributed by atoms with Crippen LogP contribution in [0.1, 0.15) is 46.0 Å². The fourth-order valence-electron chi connectivity index (χ4n) is 1.58. The molecule has 0 aliphatic carbocycles. The van der Waals surface area contributed by atoms with Gasteiger partial charge in [0, 0.05) is 18.8 Å². The first-order chi connectivity index (χ1) is 7.33.